The Labute approximate surface area is 215 Å². The molecule has 0 aliphatic carbocycles. The molecule has 0 saturated carbocycles. The average molecular weight is 731 g/mol. The molecule has 0 unspecified atom stereocenters. The third-order valence-corrected chi connectivity index (χ3v) is 2.79. The summed E-state index contributed by atoms with van der Waals surface area (Å²) in [6.07, 6.45) is 3.13. The number of nitrogen functional groups attached to an aromatic ring is 2. The third-order valence-electron chi connectivity index (χ3n) is 2.79. The summed E-state index contributed by atoms with van der Waals surface area (Å²) in [6, 6.07) is 1.57. The van der Waals surface area contributed by atoms with E-state index in [1.165, 1.54) is 4.57 Å². The van der Waals surface area contributed by atoms with Crippen molar-refractivity contribution in [2.45, 2.75) is 13.5 Å². The van der Waals surface area contributed by atoms with Crippen LogP contribution in [-0.4, -0.2) is 29.1 Å². The molecule has 0 saturated heterocycles. The second kappa shape index (κ2) is 17.2. The van der Waals surface area contributed by atoms with Gasteiger partial charge in [-0.25, -0.2) is 52.0 Å². The van der Waals surface area contributed by atoms with Crippen LogP contribution in [0.15, 0.2) is 23.4 Å². The Morgan fingerprint density at radius 3 is 1.77 bits per heavy atom. The summed E-state index contributed by atoms with van der Waals surface area (Å²) in [4.78, 5) is 25.4. The van der Waals surface area contributed by atoms with Gasteiger partial charge >= 0.3 is 26.8 Å². The number of imidazole rings is 1. The van der Waals surface area contributed by atoms with Gasteiger partial charge in [0.25, 0.3) is 0 Å². The molecule has 35 heavy (non-hydrogen) atoms. The van der Waals surface area contributed by atoms with Crippen LogP contribution in [0, 0.1) is 20.5 Å². The second-order valence-corrected chi connectivity index (χ2v) is 6.60. The van der Waals surface area contributed by atoms with Gasteiger partial charge in [-0.15, -0.1) is 20.5 Å². The van der Waals surface area contributed by atoms with E-state index in [0.717, 1.165) is 0 Å². The fourth-order valence-corrected chi connectivity index (χ4v) is 1.64. The van der Waals surface area contributed by atoms with Crippen LogP contribution in [0.3, 0.4) is 0 Å². The number of nitrogens with zero attached hydrogens (tertiary/aromatic N) is 6. The van der Waals surface area contributed by atoms with Gasteiger partial charge in [0, 0.05) is 25.7 Å². The Hall–Kier alpha value is -2.30. The van der Waals surface area contributed by atoms with Gasteiger partial charge in [0.2, 0.25) is 5.95 Å². The largest absolute Gasteiger partial charge is 2.00 e. The first-order chi connectivity index (χ1) is 14.4. The second-order valence-electron chi connectivity index (χ2n) is 5.09. The Morgan fingerprint density at radius 2 is 1.40 bits per heavy atom. The summed E-state index contributed by atoms with van der Waals surface area (Å²) in [7, 11) is -8.27. The fraction of sp³-hybridized carbons (Fsp3) is 0.250. The van der Waals surface area contributed by atoms with Gasteiger partial charge in [-0.05, 0) is 13.0 Å². The van der Waals surface area contributed by atoms with Gasteiger partial charge < -0.3 is 38.0 Å². The van der Waals surface area contributed by atoms with Crippen molar-refractivity contribution < 1.29 is 83.9 Å². The maximum atomic E-state index is 11.2. The monoisotopic (exact) mass is 730 g/mol. The van der Waals surface area contributed by atoms with Crippen LogP contribution in [0.25, 0.3) is 11.2 Å². The number of anilines is 2. The number of hydrogen-bond donors (Lipinski definition) is 4. The number of nitrogens with two attached hydrogens (primary N) is 2. The molecule has 0 amide bonds. The van der Waals surface area contributed by atoms with E-state index in [1.54, 1.807) is 30.2 Å². The van der Waals surface area contributed by atoms with Crippen LogP contribution in [0.4, 0.5) is 11.8 Å². The molecular formula is C12H21Cl2N10O10Pt-. The molecule has 3 heterocycles. The van der Waals surface area contributed by atoms with E-state index in [2.05, 4.69) is 19.9 Å². The predicted octanol–water partition coefficient (Wildman–Crippen LogP) is -10.3. The number of halogens is 2. The first-order valence-corrected chi connectivity index (χ1v) is 10.1. The van der Waals surface area contributed by atoms with Crippen LogP contribution < -0.4 is 71.8 Å². The van der Waals surface area contributed by atoms with Crippen molar-refractivity contribution in [2.24, 2.45) is 7.05 Å². The standard InChI is InChI=1S/C7H9N5O.C5H7N3O.2ClHO4.2H3N.Pt/c1-2-12-3-9-4-5(12)10-7(8)11-6(4)13;1-8-3-2-4(6)7-5(8)9;2*2-1(3,4)5;;;/h3H,2H2,1H3,(H3,8,10,11,13);2-3H,1H3,(H2,6,7,9);2*(H,2,3,4,5);2*1H3;/q;;;;;;+2/p-3. The molecule has 0 spiro atoms. The third kappa shape index (κ3) is 19.7. The van der Waals surface area contributed by atoms with Crippen molar-refractivity contribution in [3.8, 4) is 5.88 Å². The van der Waals surface area contributed by atoms with Gasteiger partial charge in [-0.1, -0.05) is 0 Å². The SMILES string of the molecule is CCn1cnc2c([O-])nc(N)nc21.Cn1ccc(N)nc1=O.N.N.[O-][Cl+3]([O-])([O-])[O-].[O-][Cl+3]([O-])([O-])[O-].[Pt+2]. The summed E-state index contributed by atoms with van der Waals surface area (Å²) in [5.74, 6) is -0.166. The summed E-state index contributed by atoms with van der Waals surface area (Å²) in [6.45, 7) is 2.64. The molecule has 0 aromatic carbocycles. The minimum Gasteiger partial charge on any atom is -0.857 e. The molecular weight excluding hydrogens is 710 g/mol. The van der Waals surface area contributed by atoms with Crippen LogP contribution in [0.5, 0.6) is 5.88 Å². The number of hydrogen-bond acceptors (Lipinski definition) is 18. The maximum absolute atomic E-state index is 11.2. The summed E-state index contributed by atoms with van der Waals surface area (Å²) in [5, 5.41) is 11.2. The van der Waals surface area contributed by atoms with Crippen LogP contribution in [-0.2, 0) is 34.7 Å². The summed E-state index contributed by atoms with van der Waals surface area (Å²) >= 11 is 0. The van der Waals surface area contributed by atoms with E-state index in [1.807, 2.05) is 6.92 Å². The zero-order valence-electron chi connectivity index (χ0n) is 17.8. The van der Waals surface area contributed by atoms with Crippen molar-refractivity contribution in [1.29, 1.82) is 0 Å². The van der Waals surface area contributed by atoms with Gasteiger partial charge in [0.05, 0.1) is 6.33 Å². The predicted molar refractivity (Wildman–Crippen MR) is 88.8 cm³/mol. The molecule has 0 atom stereocenters. The molecule has 0 aliphatic heterocycles. The van der Waals surface area contributed by atoms with Gasteiger partial charge in [-0.3, -0.25) is 0 Å². The van der Waals surface area contributed by atoms with Gasteiger partial charge in [0.1, 0.15) is 11.3 Å². The van der Waals surface area contributed by atoms with Crippen LogP contribution in [0.2, 0.25) is 0 Å². The molecule has 3 rings (SSSR count). The molecule has 3 aromatic heterocycles. The number of fused-ring (bicyclic) bond motifs is 1. The van der Waals surface area contributed by atoms with Crippen molar-refractivity contribution in [3.05, 3.63) is 29.1 Å². The Morgan fingerprint density at radius 1 is 0.943 bits per heavy atom. The van der Waals surface area contributed by atoms with E-state index in [-0.39, 0.29) is 56.3 Å². The van der Waals surface area contributed by atoms with Crippen molar-refractivity contribution in [1.82, 2.24) is 41.4 Å². The van der Waals surface area contributed by atoms with Crippen LogP contribution >= 0.6 is 0 Å². The Bertz CT molecular complexity index is 1040. The molecule has 3 aromatic rings. The van der Waals surface area contributed by atoms with E-state index in [9.17, 15) is 9.90 Å². The van der Waals surface area contributed by atoms with Crippen LogP contribution in [0.1, 0.15) is 6.92 Å². The molecule has 0 bridgehead atoms. The molecule has 10 N–H and O–H groups in total. The van der Waals surface area contributed by atoms with E-state index in [4.69, 9.17) is 48.7 Å². The number of aromatic nitrogens is 6. The molecule has 0 radical (unpaired) electrons. The normalized spacial score (nSPS) is 9.89. The summed E-state index contributed by atoms with van der Waals surface area (Å²) in [5.41, 5.74) is 11.0. The fourth-order valence-electron chi connectivity index (χ4n) is 1.64. The zero-order valence-corrected chi connectivity index (χ0v) is 21.6. The first-order valence-electron chi connectivity index (χ1n) is 7.60. The minimum atomic E-state index is -4.94. The number of rotatable bonds is 1. The van der Waals surface area contributed by atoms with Gasteiger partial charge in [-0.2, -0.15) is 9.97 Å². The van der Waals surface area contributed by atoms with Crippen molar-refractivity contribution in [2.75, 3.05) is 11.5 Å². The van der Waals surface area contributed by atoms with Crippen molar-refractivity contribution in [3.63, 3.8) is 0 Å². The van der Waals surface area contributed by atoms with E-state index >= 15 is 0 Å². The van der Waals surface area contributed by atoms with Gasteiger partial charge in [0.15, 0.2) is 5.65 Å². The summed E-state index contributed by atoms with van der Waals surface area (Å²) < 4.78 is 71.0. The first kappa shape index (κ1) is 39.9. The Kier molecular flexibility index (Phi) is 19.6. The molecule has 0 aliphatic rings. The van der Waals surface area contributed by atoms with E-state index in [0.29, 0.717) is 12.2 Å². The molecule has 0 fully saturated rings. The molecule has 20 nitrogen and oxygen atoms in total. The number of aryl methyl sites for hydroxylation is 2. The Balaban J connectivity index is -0.000000194. The molecule has 23 heteroatoms. The maximum Gasteiger partial charge on any atom is 2.00 e. The average Bonchev–Trinajstić information content (AvgIpc) is 2.99. The smallest absolute Gasteiger partial charge is 0.857 e. The van der Waals surface area contributed by atoms with Crippen molar-refractivity contribution >= 4 is 22.9 Å². The molecule has 204 valence electrons. The quantitative estimate of drug-likeness (QED) is 0.180. The van der Waals surface area contributed by atoms with E-state index < -0.39 is 26.4 Å². The topological polar surface area (TPSA) is 408 Å². The minimum absolute atomic E-state index is 0. The zero-order chi connectivity index (χ0) is 25.3.